The number of hydrogen-bond acceptors (Lipinski definition) is 7. The van der Waals surface area contributed by atoms with E-state index < -0.39 is 51.5 Å². The number of carbonyl (C=O) groups is 3. The van der Waals surface area contributed by atoms with Crippen LogP contribution in [-0.4, -0.2) is 63.1 Å². The Hall–Kier alpha value is -3.80. The lowest BCUT2D eigenvalue weighted by Gasteiger charge is -2.41. The van der Waals surface area contributed by atoms with E-state index in [1.165, 1.54) is 42.9 Å². The van der Waals surface area contributed by atoms with Gasteiger partial charge in [-0.3, -0.25) is 23.7 Å². The van der Waals surface area contributed by atoms with Gasteiger partial charge in [-0.25, -0.2) is 9.37 Å². The molecular weight excluding hydrogens is 473 g/mol. The number of nitrogens with one attached hydrogen (secondary N) is 2. The van der Waals surface area contributed by atoms with E-state index in [1.807, 2.05) is 0 Å². The number of aliphatic hydroxyl groups is 1. The molecule has 36 heavy (non-hydrogen) atoms. The number of rotatable bonds is 5. The molecule has 3 amide bonds. The van der Waals surface area contributed by atoms with E-state index in [0.717, 1.165) is 4.90 Å². The van der Waals surface area contributed by atoms with Gasteiger partial charge in [0.1, 0.15) is 11.6 Å². The highest BCUT2D eigenvalue weighted by Gasteiger charge is 2.51. The first-order valence-electron chi connectivity index (χ1n) is 11.5. The molecule has 2 bridgehead atoms. The maximum atomic E-state index is 13.2. The summed E-state index contributed by atoms with van der Waals surface area (Å²) in [6.07, 6.45) is 1.40. The molecule has 1 aliphatic carbocycles. The minimum absolute atomic E-state index is 0.00844. The van der Waals surface area contributed by atoms with Crippen molar-refractivity contribution in [3.8, 4) is 5.75 Å². The fraction of sp³-hybridized carbons (Fsp3) is 0.458. The second-order valence-corrected chi connectivity index (χ2v) is 9.73. The van der Waals surface area contributed by atoms with Crippen molar-refractivity contribution < 1.29 is 29.0 Å². The molecule has 0 radical (unpaired) electrons. The van der Waals surface area contributed by atoms with E-state index in [9.17, 15) is 33.8 Å². The van der Waals surface area contributed by atoms with Crippen LogP contribution in [-0.2, 0) is 28.2 Å². The molecule has 4 N–H and O–H groups in total. The molecule has 1 aromatic heterocycles. The first kappa shape index (κ1) is 25.3. The maximum Gasteiger partial charge on any atom is 0.311 e. The smallest absolute Gasteiger partial charge is 0.311 e. The fourth-order valence-electron chi connectivity index (χ4n) is 4.87. The van der Waals surface area contributed by atoms with Crippen LogP contribution in [0.15, 0.2) is 29.1 Å². The Morgan fingerprint density at radius 3 is 2.36 bits per heavy atom. The van der Waals surface area contributed by atoms with Gasteiger partial charge in [-0.15, -0.1) is 0 Å². The van der Waals surface area contributed by atoms with E-state index in [4.69, 9.17) is 0 Å². The highest BCUT2D eigenvalue weighted by atomic mass is 19.1. The highest BCUT2D eigenvalue weighted by Crippen LogP contribution is 2.49. The van der Waals surface area contributed by atoms with Gasteiger partial charge in [0.2, 0.25) is 5.75 Å². The molecule has 0 unspecified atom stereocenters. The van der Waals surface area contributed by atoms with Crippen LogP contribution >= 0.6 is 0 Å². The van der Waals surface area contributed by atoms with E-state index in [0.29, 0.717) is 18.4 Å². The number of amides is 3. The van der Waals surface area contributed by atoms with Crippen molar-refractivity contribution in [3.05, 3.63) is 57.5 Å². The molecule has 3 aliphatic rings. The Bertz CT molecular complexity index is 1260. The Morgan fingerprint density at radius 1 is 1.14 bits per heavy atom. The minimum Gasteiger partial charge on any atom is -0.501 e. The largest absolute Gasteiger partial charge is 0.501 e. The third kappa shape index (κ3) is 4.43. The highest BCUT2D eigenvalue weighted by molar-refractivity contribution is 6.35. The third-order valence-corrected chi connectivity index (χ3v) is 7.10. The molecule has 12 heteroatoms. The van der Waals surface area contributed by atoms with Crippen molar-refractivity contribution in [2.75, 3.05) is 20.7 Å². The Morgan fingerprint density at radius 2 is 1.78 bits per heavy atom. The number of aromatic nitrogens is 2. The third-order valence-electron chi connectivity index (χ3n) is 7.10. The molecule has 0 spiro atoms. The van der Waals surface area contributed by atoms with Crippen molar-refractivity contribution in [2.24, 2.45) is 5.41 Å². The van der Waals surface area contributed by atoms with Crippen LogP contribution in [0.25, 0.3) is 0 Å². The number of benzene rings is 1. The lowest BCUT2D eigenvalue weighted by molar-refractivity contribution is -0.145. The molecule has 3 heterocycles. The van der Waals surface area contributed by atoms with Crippen molar-refractivity contribution in [1.82, 2.24) is 25.1 Å². The Kier molecular flexibility index (Phi) is 6.56. The van der Waals surface area contributed by atoms with Gasteiger partial charge in [0.05, 0.1) is 12.1 Å². The van der Waals surface area contributed by atoms with Gasteiger partial charge in [0, 0.05) is 32.6 Å². The number of likely N-dealkylation sites (N-methyl/N-ethyl adjacent to an activating group) is 1. The first-order valence-corrected chi connectivity index (χ1v) is 11.5. The van der Waals surface area contributed by atoms with Crippen LogP contribution in [0.1, 0.15) is 47.6 Å². The van der Waals surface area contributed by atoms with Crippen molar-refractivity contribution in [2.45, 2.75) is 44.3 Å². The predicted octanol–water partition coefficient (Wildman–Crippen LogP) is -0.0160. The standard InChI is InChI=1S/C24H28FN5O6/c1-29(2)21(36)19(34)28-24-9-7-23(13-31,8-10-24)12-30-20(35)17(32)16(27-22(24)30)18(33)26-11-14-3-5-15(25)6-4-14/h3-6,31-32H,7-13H2,1-2H3,(H,26,33)(H,28,34). The topological polar surface area (TPSA) is 154 Å². The van der Waals surface area contributed by atoms with Gasteiger partial charge < -0.3 is 25.7 Å². The molecule has 1 fully saturated rings. The van der Waals surface area contributed by atoms with Gasteiger partial charge in [0.25, 0.3) is 11.5 Å². The normalized spacial score (nSPS) is 22.3. The molecule has 1 aromatic carbocycles. The zero-order valence-electron chi connectivity index (χ0n) is 20.0. The zero-order valence-corrected chi connectivity index (χ0v) is 20.0. The lowest BCUT2D eigenvalue weighted by atomic mass is 9.69. The van der Waals surface area contributed by atoms with Crippen LogP contribution in [0.4, 0.5) is 4.39 Å². The number of hydrogen-bond donors (Lipinski definition) is 4. The summed E-state index contributed by atoms with van der Waals surface area (Å²) >= 11 is 0. The molecule has 2 aromatic rings. The quantitative estimate of drug-likeness (QED) is 0.420. The number of carbonyl (C=O) groups excluding carboxylic acids is 3. The first-order chi connectivity index (χ1) is 17.0. The summed E-state index contributed by atoms with van der Waals surface area (Å²) in [6, 6.07) is 5.43. The van der Waals surface area contributed by atoms with E-state index in [-0.39, 0.29) is 38.4 Å². The summed E-state index contributed by atoms with van der Waals surface area (Å²) in [5, 5.41) is 26.0. The van der Waals surface area contributed by atoms with Crippen molar-refractivity contribution in [1.29, 1.82) is 0 Å². The van der Waals surface area contributed by atoms with E-state index in [2.05, 4.69) is 15.6 Å². The van der Waals surface area contributed by atoms with Gasteiger partial charge in [0.15, 0.2) is 5.69 Å². The van der Waals surface area contributed by atoms with Crippen LogP contribution in [0, 0.1) is 11.2 Å². The lowest BCUT2D eigenvalue weighted by Crippen LogP contribution is -2.54. The zero-order chi connectivity index (χ0) is 26.3. The average Bonchev–Trinajstić information content (AvgIpc) is 3.08. The minimum atomic E-state index is -1.25. The SMILES string of the molecule is CN(C)C(=O)C(=O)NC12CCC(CO)(CC1)Cn1c2nc(C(=O)NCc2ccc(F)cc2)c(O)c1=O. The molecular formula is C24H28FN5O6. The van der Waals surface area contributed by atoms with Crippen LogP contribution in [0.2, 0.25) is 0 Å². The fourth-order valence-corrected chi connectivity index (χ4v) is 4.87. The second kappa shape index (κ2) is 9.34. The Labute approximate surface area is 205 Å². The second-order valence-electron chi connectivity index (χ2n) is 9.73. The average molecular weight is 502 g/mol. The number of fused-ring (bicyclic) bond motifs is 2. The molecule has 2 aliphatic heterocycles. The molecule has 0 saturated heterocycles. The summed E-state index contributed by atoms with van der Waals surface area (Å²) in [6.45, 7) is -0.194. The summed E-state index contributed by atoms with van der Waals surface area (Å²) < 4.78 is 14.3. The number of halogens is 1. The molecule has 1 saturated carbocycles. The summed E-state index contributed by atoms with van der Waals surface area (Å²) in [4.78, 5) is 56.7. The molecule has 5 rings (SSSR count). The number of aliphatic hydroxyl groups excluding tert-OH is 1. The van der Waals surface area contributed by atoms with Crippen LogP contribution in [0.3, 0.4) is 0 Å². The van der Waals surface area contributed by atoms with Crippen LogP contribution < -0.4 is 16.2 Å². The van der Waals surface area contributed by atoms with Gasteiger partial charge >= 0.3 is 11.8 Å². The van der Waals surface area contributed by atoms with Gasteiger partial charge in [-0.2, -0.15) is 0 Å². The Balaban J connectivity index is 1.74. The van der Waals surface area contributed by atoms with E-state index in [1.54, 1.807) is 0 Å². The van der Waals surface area contributed by atoms with Gasteiger partial charge in [-0.1, -0.05) is 12.1 Å². The van der Waals surface area contributed by atoms with Crippen LogP contribution in [0.5, 0.6) is 5.75 Å². The summed E-state index contributed by atoms with van der Waals surface area (Å²) in [5.41, 5.74) is -2.74. The number of aromatic hydroxyl groups is 1. The maximum absolute atomic E-state index is 13.2. The van der Waals surface area contributed by atoms with Gasteiger partial charge in [-0.05, 0) is 43.4 Å². The predicted molar refractivity (Wildman–Crippen MR) is 124 cm³/mol. The van der Waals surface area contributed by atoms with Crippen molar-refractivity contribution in [3.63, 3.8) is 0 Å². The monoisotopic (exact) mass is 501 g/mol. The summed E-state index contributed by atoms with van der Waals surface area (Å²) in [5.74, 6) is -3.77. The summed E-state index contributed by atoms with van der Waals surface area (Å²) in [7, 11) is 2.87. The van der Waals surface area contributed by atoms with Crippen molar-refractivity contribution >= 4 is 17.7 Å². The number of nitrogens with zero attached hydrogens (tertiary/aromatic N) is 3. The molecule has 192 valence electrons. The molecule has 11 nitrogen and oxygen atoms in total. The molecule has 0 atom stereocenters. The van der Waals surface area contributed by atoms with E-state index >= 15 is 0 Å².